The fourth-order valence-electron chi connectivity index (χ4n) is 2.80. The summed E-state index contributed by atoms with van der Waals surface area (Å²) < 4.78 is 0. The largest absolute Gasteiger partial charge is 0.382 e. The normalized spacial score (nSPS) is 10.7. The highest BCUT2D eigenvalue weighted by atomic mass is 32.1. The Balaban J connectivity index is 1.91. The van der Waals surface area contributed by atoms with E-state index in [1.165, 1.54) is 16.9 Å². The van der Waals surface area contributed by atoms with Gasteiger partial charge in [0.1, 0.15) is 10.7 Å². The van der Waals surface area contributed by atoms with Crippen molar-refractivity contribution in [3.63, 3.8) is 0 Å². The molecule has 0 unspecified atom stereocenters. The molecular weight excluding hydrogens is 330 g/mol. The van der Waals surface area contributed by atoms with E-state index in [9.17, 15) is 4.79 Å². The number of anilines is 3. The van der Waals surface area contributed by atoms with Crippen LogP contribution in [0.2, 0.25) is 0 Å². The van der Waals surface area contributed by atoms with Crippen LogP contribution in [0.3, 0.4) is 0 Å². The highest BCUT2D eigenvalue weighted by Crippen LogP contribution is 2.31. The molecule has 0 aliphatic heterocycles. The van der Waals surface area contributed by atoms with Gasteiger partial charge >= 0.3 is 0 Å². The van der Waals surface area contributed by atoms with Crippen LogP contribution >= 0.6 is 11.3 Å². The van der Waals surface area contributed by atoms with E-state index < -0.39 is 0 Å². The lowest BCUT2D eigenvalue weighted by Crippen LogP contribution is -2.04. The van der Waals surface area contributed by atoms with Crippen LogP contribution in [0.1, 0.15) is 38.8 Å². The van der Waals surface area contributed by atoms with Crippen LogP contribution in [0.25, 0.3) is 0 Å². The lowest BCUT2D eigenvalue weighted by Gasteiger charge is -2.07. The number of nitrogens with two attached hydrogens (primary N) is 1. The smallest absolute Gasteiger partial charge is 0.207 e. The van der Waals surface area contributed by atoms with Crippen molar-refractivity contribution in [3.05, 3.63) is 69.6 Å². The second-order valence-electron chi connectivity index (χ2n) is 6.02. The standard InChI is InChI=1S/C20H21N3OS/c1-4-14-7-5-6-8-16(14)22-20-23-19(21)18(25-20)17(24)15-10-9-12(2)11-13(15)3/h5-11H,4,21H2,1-3H3,(H,22,23). The molecule has 0 saturated heterocycles. The van der Waals surface area contributed by atoms with Gasteiger partial charge in [-0.05, 0) is 37.5 Å². The minimum atomic E-state index is -0.0793. The molecule has 3 N–H and O–H groups in total. The number of nitrogens with one attached hydrogen (secondary N) is 1. The maximum Gasteiger partial charge on any atom is 0.207 e. The van der Waals surface area contributed by atoms with E-state index in [1.54, 1.807) is 0 Å². The van der Waals surface area contributed by atoms with Gasteiger partial charge in [0.05, 0.1) is 0 Å². The molecule has 4 nitrogen and oxygen atoms in total. The Bertz CT molecular complexity index is 930. The lowest BCUT2D eigenvalue weighted by atomic mass is 10.0. The van der Waals surface area contributed by atoms with Crippen LogP contribution in [0.4, 0.5) is 16.6 Å². The Morgan fingerprint density at radius 3 is 2.68 bits per heavy atom. The average molecular weight is 351 g/mol. The Morgan fingerprint density at radius 1 is 1.20 bits per heavy atom. The maximum absolute atomic E-state index is 12.9. The molecule has 0 aliphatic rings. The molecule has 2 aromatic carbocycles. The summed E-state index contributed by atoms with van der Waals surface area (Å²) >= 11 is 1.29. The van der Waals surface area contributed by atoms with Gasteiger partial charge in [-0.1, -0.05) is 60.2 Å². The summed E-state index contributed by atoms with van der Waals surface area (Å²) in [6.45, 7) is 6.05. The zero-order valence-corrected chi connectivity index (χ0v) is 15.4. The van der Waals surface area contributed by atoms with Gasteiger partial charge in [-0.3, -0.25) is 4.79 Å². The third-order valence-electron chi connectivity index (χ3n) is 4.13. The molecule has 0 fully saturated rings. The van der Waals surface area contributed by atoms with Crippen LogP contribution in [0, 0.1) is 13.8 Å². The molecule has 0 atom stereocenters. The van der Waals surface area contributed by atoms with Crippen LogP contribution in [0.5, 0.6) is 0 Å². The van der Waals surface area contributed by atoms with E-state index in [2.05, 4.69) is 23.3 Å². The lowest BCUT2D eigenvalue weighted by molar-refractivity contribution is 0.104. The molecule has 3 aromatic rings. The van der Waals surface area contributed by atoms with E-state index in [0.717, 1.165) is 23.2 Å². The van der Waals surface area contributed by atoms with E-state index in [-0.39, 0.29) is 11.6 Å². The monoisotopic (exact) mass is 351 g/mol. The zero-order valence-electron chi connectivity index (χ0n) is 14.6. The first kappa shape index (κ1) is 17.2. The average Bonchev–Trinajstić information content (AvgIpc) is 2.95. The van der Waals surface area contributed by atoms with Crippen LogP contribution in [-0.4, -0.2) is 10.8 Å². The first-order valence-corrected chi connectivity index (χ1v) is 9.04. The number of aromatic nitrogens is 1. The molecule has 0 bridgehead atoms. The van der Waals surface area contributed by atoms with Gasteiger partial charge in [0, 0.05) is 11.3 Å². The number of carbonyl (C=O) groups is 1. The second-order valence-corrected chi connectivity index (χ2v) is 7.02. The summed E-state index contributed by atoms with van der Waals surface area (Å²) in [7, 11) is 0. The predicted octanol–water partition coefficient (Wildman–Crippen LogP) is 4.88. The third-order valence-corrected chi connectivity index (χ3v) is 5.11. The summed E-state index contributed by atoms with van der Waals surface area (Å²) in [6.07, 6.45) is 0.915. The number of nitrogen functional groups attached to an aromatic ring is 1. The van der Waals surface area contributed by atoms with Gasteiger partial charge in [0.15, 0.2) is 5.13 Å². The number of ketones is 1. The number of carbonyl (C=O) groups excluding carboxylic acids is 1. The quantitative estimate of drug-likeness (QED) is 0.643. The molecule has 0 aliphatic carbocycles. The Labute approximate surface area is 151 Å². The molecule has 0 radical (unpaired) electrons. The fourth-order valence-corrected chi connectivity index (χ4v) is 3.66. The molecule has 1 aromatic heterocycles. The summed E-state index contributed by atoms with van der Waals surface area (Å²) in [5.41, 5.74) is 11.0. The minimum Gasteiger partial charge on any atom is -0.382 e. The molecule has 0 spiro atoms. The summed E-state index contributed by atoms with van der Waals surface area (Å²) in [5.74, 6) is 0.191. The number of nitrogens with zero attached hydrogens (tertiary/aromatic N) is 1. The minimum absolute atomic E-state index is 0.0793. The van der Waals surface area contributed by atoms with E-state index in [4.69, 9.17) is 5.73 Å². The highest BCUT2D eigenvalue weighted by Gasteiger charge is 2.19. The van der Waals surface area contributed by atoms with Gasteiger partial charge in [0.2, 0.25) is 5.78 Å². The molecule has 5 heteroatoms. The Hall–Kier alpha value is -2.66. The molecule has 1 heterocycles. The summed E-state index contributed by atoms with van der Waals surface area (Å²) in [5, 5.41) is 3.92. The Kier molecular flexibility index (Phi) is 4.86. The van der Waals surface area contributed by atoms with E-state index in [1.807, 2.05) is 50.2 Å². The van der Waals surface area contributed by atoms with Gasteiger partial charge in [-0.15, -0.1) is 0 Å². The highest BCUT2D eigenvalue weighted by molar-refractivity contribution is 7.18. The molecular formula is C20H21N3OS. The predicted molar refractivity (Wildman–Crippen MR) is 105 cm³/mol. The summed E-state index contributed by atoms with van der Waals surface area (Å²) in [6, 6.07) is 13.8. The molecule has 0 saturated carbocycles. The van der Waals surface area contributed by atoms with Crippen molar-refractivity contribution in [3.8, 4) is 0 Å². The van der Waals surface area contributed by atoms with E-state index >= 15 is 0 Å². The van der Waals surface area contributed by atoms with Crippen LogP contribution < -0.4 is 11.1 Å². The first-order chi connectivity index (χ1) is 12.0. The SMILES string of the molecule is CCc1ccccc1Nc1nc(N)c(C(=O)c2ccc(C)cc2C)s1. The molecule has 3 rings (SSSR count). The molecule has 0 amide bonds. The Morgan fingerprint density at radius 2 is 1.96 bits per heavy atom. The maximum atomic E-state index is 12.9. The number of aryl methyl sites for hydroxylation is 3. The first-order valence-electron chi connectivity index (χ1n) is 8.22. The zero-order chi connectivity index (χ0) is 18.0. The molecule has 25 heavy (non-hydrogen) atoms. The fraction of sp³-hybridized carbons (Fsp3) is 0.200. The molecule has 128 valence electrons. The van der Waals surface area contributed by atoms with Gasteiger partial charge < -0.3 is 11.1 Å². The van der Waals surface area contributed by atoms with Crippen molar-refractivity contribution in [1.29, 1.82) is 0 Å². The van der Waals surface area contributed by atoms with E-state index in [0.29, 0.717) is 15.6 Å². The van der Waals surface area contributed by atoms with Crippen molar-refractivity contribution in [2.45, 2.75) is 27.2 Å². The van der Waals surface area contributed by atoms with Gasteiger partial charge in [-0.25, -0.2) is 4.98 Å². The number of rotatable bonds is 5. The third kappa shape index (κ3) is 3.56. The number of para-hydroxylation sites is 1. The number of hydrogen-bond acceptors (Lipinski definition) is 5. The van der Waals surface area contributed by atoms with Crippen LogP contribution in [0.15, 0.2) is 42.5 Å². The van der Waals surface area contributed by atoms with Crippen molar-refractivity contribution >= 4 is 33.8 Å². The topological polar surface area (TPSA) is 68.0 Å². The number of thiazole rings is 1. The number of hydrogen-bond donors (Lipinski definition) is 2. The van der Waals surface area contributed by atoms with Crippen molar-refractivity contribution in [2.24, 2.45) is 0 Å². The van der Waals surface area contributed by atoms with Crippen molar-refractivity contribution in [2.75, 3.05) is 11.1 Å². The van der Waals surface area contributed by atoms with Crippen molar-refractivity contribution in [1.82, 2.24) is 4.98 Å². The summed E-state index contributed by atoms with van der Waals surface area (Å²) in [4.78, 5) is 17.7. The van der Waals surface area contributed by atoms with Crippen molar-refractivity contribution < 1.29 is 4.79 Å². The van der Waals surface area contributed by atoms with Gasteiger partial charge in [0.25, 0.3) is 0 Å². The van der Waals surface area contributed by atoms with Gasteiger partial charge in [-0.2, -0.15) is 0 Å². The number of benzene rings is 2. The second kappa shape index (κ2) is 7.07. The van der Waals surface area contributed by atoms with Crippen LogP contribution in [-0.2, 0) is 6.42 Å².